The van der Waals surface area contributed by atoms with Crippen LogP contribution in [0, 0.1) is 5.92 Å². The molecule has 0 bridgehead atoms. The molecule has 1 aromatic rings. The van der Waals surface area contributed by atoms with E-state index in [0.29, 0.717) is 18.9 Å². The maximum Gasteiger partial charge on any atom is 0.239 e. The second-order valence-electron chi connectivity index (χ2n) is 7.55. The number of nitrogens with zero attached hydrogens (tertiary/aromatic N) is 3. The summed E-state index contributed by atoms with van der Waals surface area (Å²) in [7, 11) is 0. The van der Waals surface area contributed by atoms with Gasteiger partial charge < -0.3 is 10.2 Å². The molecule has 0 unspecified atom stereocenters. The predicted molar refractivity (Wildman–Crippen MR) is 105 cm³/mol. The lowest BCUT2D eigenvalue weighted by Crippen LogP contribution is -2.49. The number of hydrogen-bond donors (Lipinski definition) is 1. The van der Waals surface area contributed by atoms with E-state index in [-0.39, 0.29) is 17.9 Å². The van der Waals surface area contributed by atoms with Crippen LogP contribution >= 0.6 is 0 Å². The average molecular weight is 370 g/mol. The van der Waals surface area contributed by atoms with Crippen LogP contribution in [-0.2, 0) is 16.0 Å². The number of hydrogen-bond acceptors (Lipinski definition) is 4. The van der Waals surface area contributed by atoms with Gasteiger partial charge in [-0.15, -0.1) is 6.58 Å². The number of nitrogens with one attached hydrogen (secondary N) is 1. The molecule has 2 aliphatic rings. The summed E-state index contributed by atoms with van der Waals surface area (Å²) in [6.07, 6.45) is 9.62. The molecule has 2 aliphatic heterocycles. The number of carbonyl (C=O) groups excluding carboxylic acids is 2. The van der Waals surface area contributed by atoms with E-state index in [2.05, 4.69) is 21.8 Å². The molecule has 1 N–H and O–H groups in total. The Balaban J connectivity index is 1.39. The monoisotopic (exact) mass is 370 g/mol. The van der Waals surface area contributed by atoms with Gasteiger partial charge in [-0.3, -0.25) is 19.5 Å². The normalized spacial score (nSPS) is 21.2. The van der Waals surface area contributed by atoms with Gasteiger partial charge in [-0.2, -0.15) is 0 Å². The van der Waals surface area contributed by atoms with Gasteiger partial charge in [-0.25, -0.2) is 0 Å². The highest BCUT2D eigenvalue weighted by Gasteiger charge is 2.34. The summed E-state index contributed by atoms with van der Waals surface area (Å²) in [5, 5.41) is 3.03. The van der Waals surface area contributed by atoms with Crippen molar-refractivity contribution in [3.05, 3.63) is 42.7 Å². The summed E-state index contributed by atoms with van der Waals surface area (Å²) < 4.78 is 0. The fourth-order valence-corrected chi connectivity index (χ4v) is 4.07. The summed E-state index contributed by atoms with van der Waals surface area (Å²) in [6, 6.07) is 3.78. The zero-order valence-electron chi connectivity index (χ0n) is 16.0. The molecular formula is C21H30N4O2. The molecular weight excluding hydrogens is 340 g/mol. The molecule has 6 heteroatoms. The summed E-state index contributed by atoms with van der Waals surface area (Å²) in [5.74, 6) is 0.751. The molecule has 3 heterocycles. The van der Waals surface area contributed by atoms with Gasteiger partial charge in [-0.05, 0) is 49.8 Å². The van der Waals surface area contributed by atoms with Crippen LogP contribution < -0.4 is 5.32 Å². The fraction of sp³-hybridized carbons (Fsp3) is 0.571. The molecule has 0 saturated carbocycles. The molecule has 27 heavy (non-hydrogen) atoms. The van der Waals surface area contributed by atoms with Crippen molar-refractivity contribution in [2.24, 2.45) is 5.92 Å². The molecule has 0 aromatic carbocycles. The van der Waals surface area contributed by atoms with Gasteiger partial charge in [0.2, 0.25) is 11.8 Å². The first-order chi connectivity index (χ1) is 13.2. The molecule has 1 atom stereocenters. The Kier molecular flexibility index (Phi) is 6.98. The topological polar surface area (TPSA) is 65.5 Å². The number of amides is 2. The molecule has 3 rings (SSSR count). The Labute approximate surface area is 161 Å². The largest absolute Gasteiger partial charge is 0.356 e. The third-order valence-corrected chi connectivity index (χ3v) is 5.61. The molecule has 1 aromatic heterocycles. The maximum absolute atomic E-state index is 12.8. The van der Waals surface area contributed by atoms with E-state index in [1.807, 2.05) is 23.1 Å². The molecule has 0 radical (unpaired) electrons. The van der Waals surface area contributed by atoms with Gasteiger partial charge in [0.1, 0.15) is 0 Å². The third-order valence-electron chi connectivity index (χ3n) is 5.61. The van der Waals surface area contributed by atoms with Gasteiger partial charge in [0.25, 0.3) is 0 Å². The smallest absolute Gasteiger partial charge is 0.239 e. The van der Waals surface area contributed by atoms with Crippen LogP contribution in [0.4, 0.5) is 0 Å². The van der Waals surface area contributed by atoms with Crippen molar-refractivity contribution in [2.45, 2.75) is 38.1 Å². The van der Waals surface area contributed by atoms with Crippen LogP contribution in [0.2, 0.25) is 0 Å². The number of rotatable bonds is 7. The van der Waals surface area contributed by atoms with Crippen LogP contribution in [-0.4, -0.2) is 65.4 Å². The lowest BCUT2D eigenvalue weighted by Gasteiger charge is -2.35. The van der Waals surface area contributed by atoms with Crippen LogP contribution in [0.15, 0.2) is 37.2 Å². The van der Waals surface area contributed by atoms with Gasteiger partial charge in [0.15, 0.2) is 0 Å². The lowest BCUT2D eigenvalue weighted by molar-refractivity contribution is -0.137. The average Bonchev–Trinajstić information content (AvgIpc) is 3.16. The van der Waals surface area contributed by atoms with E-state index in [4.69, 9.17) is 0 Å². The molecule has 0 aliphatic carbocycles. The molecule has 2 fully saturated rings. The van der Waals surface area contributed by atoms with Crippen molar-refractivity contribution in [1.29, 1.82) is 0 Å². The summed E-state index contributed by atoms with van der Waals surface area (Å²) >= 11 is 0. The molecule has 2 saturated heterocycles. The fourth-order valence-electron chi connectivity index (χ4n) is 4.07. The number of aromatic nitrogens is 1. The highest BCUT2D eigenvalue weighted by molar-refractivity contribution is 5.82. The minimum absolute atomic E-state index is 0.0266. The van der Waals surface area contributed by atoms with E-state index < -0.39 is 0 Å². The molecule has 0 spiro atoms. The zero-order chi connectivity index (χ0) is 19.1. The molecule has 6 nitrogen and oxygen atoms in total. The standard InChI is InChI=1S/C21H30N4O2/c1-2-10-24-11-4-6-19(24)21(27)25-12-7-17(8-13-25)16-23-20(26)14-18-5-3-9-22-15-18/h2-3,5,9,15,17,19H,1,4,6-8,10-14,16H2,(H,23,26)/t19-/m0/s1. The molecule has 146 valence electrons. The lowest BCUT2D eigenvalue weighted by atomic mass is 9.96. The second-order valence-corrected chi connectivity index (χ2v) is 7.55. The van der Waals surface area contributed by atoms with Crippen LogP contribution in [0.1, 0.15) is 31.2 Å². The minimum atomic E-state index is 0.0266. The van der Waals surface area contributed by atoms with E-state index in [0.717, 1.165) is 57.4 Å². The first-order valence-corrected chi connectivity index (χ1v) is 9.96. The first kappa shape index (κ1) is 19.5. The van der Waals surface area contributed by atoms with Crippen LogP contribution in [0.5, 0.6) is 0 Å². The van der Waals surface area contributed by atoms with Crippen molar-refractivity contribution < 1.29 is 9.59 Å². The SMILES string of the molecule is C=CCN1CCC[C@H]1C(=O)N1CCC(CNC(=O)Cc2cccnc2)CC1. The highest BCUT2D eigenvalue weighted by Crippen LogP contribution is 2.23. The van der Waals surface area contributed by atoms with E-state index in [9.17, 15) is 9.59 Å². The van der Waals surface area contributed by atoms with Crippen molar-refractivity contribution in [3.63, 3.8) is 0 Å². The Morgan fingerprint density at radius 1 is 1.26 bits per heavy atom. The van der Waals surface area contributed by atoms with Crippen molar-refractivity contribution in [1.82, 2.24) is 20.1 Å². The van der Waals surface area contributed by atoms with Gasteiger partial charge in [0.05, 0.1) is 12.5 Å². The van der Waals surface area contributed by atoms with E-state index in [1.165, 1.54) is 0 Å². The van der Waals surface area contributed by atoms with Gasteiger partial charge in [0, 0.05) is 38.6 Å². The van der Waals surface area contributed by atoms with Crippen molar-refractivity contribution in [3.8, 4) is 0 Å². The Morgan fingerprint density at radius 3 is 2.78 bits per heavy atom. The van der Waals surface area contributed by atoms with Crippen LogP contribution in [0.25, 0.3) is 0 Å². The zero-order valence-corrected chi connectivity index (χ0v) is 16.0. The van der Waals surface area contributed by atoms with E-state index >= 15 is 0 Å². The summed E-state index contributed by atoms with van der Waals surface area (Å²) in [6.45, 7) is 7.84. The Hall–Kier alpha value is -2.21. The van der Waals surface area contributed by atoms with Crippen LogP contribution in [0.3, 0.4) is 0 Å². The maximum atomic E-state index is 12.8. The number of carbonyl (C=O) groups is 2. The Bertz CT molecular complexity index is 641. The van der Waals surface area contributed by atoms with Crippen molar-refractivity contribution >= 4 is 11.8 Å². The Morgan fingerprint density at radius 2 is 2.07 bits per heavy atom. The quantitative estimate of drug-likeness (QED) is 0.741. The van der Waals surface area contributed by atoms with E-state index in [1.54, 1.807) is 12.4 Å². The van der Waals surface area contributed by atoms with Gasteiger partial charge in [-0.1, -0.05) is 12.1 Å². The summed E-state index contributed by atoms with van der Waals surface area (Å²) in [4.78, 5) is 33.2. The number of piperidine rings is 1. The van der Waals surface area contributed by atoms with Crippen molar-refractivity contribution in [2.75, 3.05) is 32.7 Å². The predicted octanol–water partition coefficient (Wildman–Crippen LogP) is 1.63. The first-order valence-electron chi connectivity index (χ1n) is 9.96. The molecule has 2 amide bonds. The number of pyridine rings is 1. The number of likely N-dealkylation sites (tertiary alicyclic amines) is 2. The summed E-state index contributed by atoms with van der Waals surface area (Å²) in [5.41, 5.74) is 0.927. The third kappa shape index (κ3) is 5.39. The highest BCUT2D eigenvalue weighted by atomic mass is 16.2. The van der Waals surface area contributed by atoms with Gasteiger partial charge >= 0.3 is 0 Å². The second kappa shape index (κ2) is 9.65. The minimum Gasteiger partial charge on any atom is -0.356 e.